The summed E-state index contributed by atoms with van der Waals surface area (Å²) in [5.74, 6) is -0.142. The number of carbonyl (C=O) groups excluding carboxylic acids is 1. The molecule has 2 aromatic rings. The number of rotatable bonds is 6. The molecule has 28 heavy (non-hydrogen) atoms. The molecule has 0 aliphatic carbocycles. The molecular formula is C18H20ClN5O4. The number of aromatic nitrogens is 1. The lowest BCUT2D eigenvalue weighted by atomic mass is 10.3. The number of pyridine rings is 1. The van der Waals surface area contributed by atoms with Gasteiger partial charge in [0.05, 0.1) is 28.8 Å². The van der Waals surface area contributed by atoms with Gasteiger partial charge < -0.3 is 5.32 Å². The topological polar surface area (TPSA) is 101 Å². The van der Waals surface area contributed by atoms with E-state index < -0.39 is 16.2 Å². The highest BCUT2D eigenvalue weighted by atomic mass is 35.5. The zero-order chi connectivity index (χ0) is 20.1. The minimum Gasteiger partial charge on any atom is -0.324 e. The molecule has 0 bridgehead atoms. The first-order valence-electron chi connectivity index (χ1n) is 8.77. The van der Waals surface area contributed by atoms with Crippen molar-refractivity contribution in [2.45, 2.75) is 6.67 Å². The number of piperazine rings is 1. The predicted molar refractivity (Wildman–Crippen MR) is 105 cm³/mol. The largest absolute Gasteiger partial charge is 0.334 e. The van der Waals surface area contributed by atoms with Gasteiger partial charge in [0, 0.05) is 38.4 Å². The average molecular weight is 406 g/mol. The van der Waals surface area contributed by atoms with Crippen LogP contribution in [0.4, 0.5) is 11.4 Å². The maximum absolute atomic E-state index is 12.2. The molecule has 1 saturated heterocycles. The zero-order valence-electron chi connectivity index (χ0n) is 15.1. The van der Waals surface area contributed by atoms with Gasteiger partial charge in [0.25, 0.3) is 0 Å². The van der Waals surface area contributed by atoms with Crippen LogP contribution in [-0.4, -0.2) is 57.9 Å². The molecule has 1 aromatic carbocycles. The van der Waals surface area contributed by atoms with Crippen molar-refractivity contribution in [3.05, 3.63) is 68.1 Å². The van der Waals surface area contributed by atoms with E-state index in [1.54, 1.807) is 30.5 Å². The lowest BCUT2D eigenvalue weighted by Crippen LogP contribution is -2.49. The van der Waals surface area contributed by atoms with Crippen LogP contribution in [0.15, 0.2) is 47.4 Å². The first-order chi connectivity index (χ1) is 13.4. The maximum atomic E-state index is 12.2. The smallest absolute Gasteiger partial charge is 0.324 e. The Morgan fingerprint density at radius 1 is 1.11 bits per heavy atom. The molecule has 0 saturated carbocycles. The van der Waals surface area contributed by atoms with Crippen LogP contribution in [0.2, 0.25) is 5.02 Å². The van der Waals surface area contributed by atoms with E-state index in [-0.39, 0.29) is 19.1 Å². The first kappa shape index (κ1) is 20.0. The van der Waals surface area contributed by atoms with Gasteiger partial charge in [-0.15, -0.1) is 0 Å². The number of anilines is 1. The van der Waals surface area contributed by atoms with Crippen molar-refractivity contribution in [3.63, 3.8) is 0 Å². The number of carbonyl (C=O) groups is 1. The summed E-state index contributed by atoms with van der Waals surface area (Å²) in [6.07, 6.45) is 1.54. The quantitative estimate of drug-likeness (QED) is 0.579. The maximum Gasteiger partial charge on any atom is 0.334 e. The van der Waals surface area contributed by atoms with Crippen LogP contribution in [0.25, 0.3) is 0 Å². The van der Waals surface area contributed by atoms with Gasteiger partial charge >= 0.3 is 11.2 Å². The van der Waals surface area contributed by atoms with Gasteiger partial charge in [-0.2, -0.15) is 0 Å². The average Bonchev–Trinajstić information content (AvgIpc) is 2.66. The Hall–Kier alpha value is -2.75. The summed E-state index contributed by atoms with van der Waals surface area (Å²) in [4.78, 5) is 38.6. The molecule has 148 valence electrons. The molecule has 1 N–H and O–H groups in total. The van der Waals surface area contributed by atoms with E-state index >= 15 is 0 Å². The van der Waals surface area contributed by atoms with Crippen LogP contribution < -0.4 is 10.9 Å². The second-order valence-electron chi connectivity index (χ2n) is 6.49. The lowest BCUT2D eigenvalue weighted by Gasteiger charge is -2.34. The third-order valence-corrected chi connectivity index (χ3v) is 4.86. The Kier molecular flexibility index (Phi) is 6.40. The van der Waals surface area contributed by atoms with Crippen LogP contribution in [0, 0.1) is 10.1 Å². The molecule has 2 heterocycles. The molecule has 10 heteroatoms. The predicted octanol–water partition coefficient (Wildman–Crippen LogP) is 1.62. The summed E-state index contributed by atoms with van der Waals surface area (Å²) in [6.45, 7) is 3.12. The van der Waals surface area contributed by atoms with Crippen molar-refractivity contribution in [2.24, 2.45) is 0 Å². The third-order valence-electron chi connectivity index (χ3n) is 4.53. The number of nitrogens with zero attached hydrogens (tertiary/aromatic N) is 4. The van der Waals surface area contributed by atoms with Crippen molar-refractivity contribution in [1.82, 2.24) is 14.4 Å². The van der Waals surface area contributed by atoms with Gasteiger partial charge in [-0.25, -0.2) is 0 Å². The summed E-state index contributed by atoms with van der Waals surface area (Å²) < 4.78 is 1.33. The fourth-order valence-electron chi connectivity index (χ4n) is 3.03. The van der Waals surface area contributed by atoms with Crippen LogP contribution in [-0.2, 0) is 11.5 Å². The highest BCUT2D eigenvalue weighted by Gasteiger charge is 2.21. The van der Waals surface area contributed by atoms with Crippen molar-refractivity contribution in [1.29, 1.82) is 0 Å². The van der Waals surface area contributed by atoms with E-state index in [1.807, 2.05) is 9.80 Å². The summed E-state index contributed by atoms with van der Waals surface area (Å²) in [7, 11) is 0. The van der Waals surface area contributed by atoms with Gasteiger partial charge in [0.2, 0.25) is 5.91 Å². The monoisotopic (exact) mass is 405 g/mol. The molecule has 1 aromatic heterocycles. The molecule has 0 spiro atoms. The van der Waals surface area contributed by atoms with Gasteiger partial charge in [0.1, 0.15) is 0 Å². The van der Waals surface area contributed by atoms with Crippen LogP contribution >= 0.6 is 11.6 Å². The van der Waals surface area contributed by atoms with Gasteiger partial charge in [-0.05, 0) is 18.2 Å². The molecule has 0 atom stereocenters. The minimum absolute atomic E-state index is 0.142. The van der Waals surface area contributed by atoms with Crippen molar-refractivity contribution in [3.8, 4) is 0 Å². The Balaban J connectivity index is 1.50. The van der Waals surface area contributed by atoms with E-state index in [0.717, 1.165) is 0 Å². The van der Waals surface area contributed by atoms with Gasteiger partial charge in [-0.1, -0.05) is 23.7 Å². The zero-order valence-corrected chi connectivity index (χ0v) is 15.8. The Bertz CT molecular complexity index is 924. The fourth-order valence-corrected chi connectivity index (χ4v) is 3.22. The first-order valence-corrected chi connectivity index (χ1v) is 9.15. The van der Waals surface area contributed by atoms with E-state index in [9.17, 15) is 19.7 Å². The van der Waals surface area contributed by atoms with Crippen molar-refractivity contribution < 1.29 is 9.72 Å². The van der Waals surface area contributed by atoms with E-state index in [0.29, 0.717) is 36.9 Å². The Labute approximate surface area is 166 Å². The normalized spacial score (nSPS) is 15.3. The Morgan fingerprint density at radius 2 is 1.79 bits per heavy atom. The number of halogens is 1. The molecule has 3 rings (SSSR count). The molecule has 1 fully saturated rings. The van der Waals surface area contributed by atoms with E-state index in [1.165, 1.54) is 16.7 Å². The standard InChI is InChI=1S/C18H20ClN5O4/c19-14-4-1-2-5-15(14)20-17(25)12-21-8-10-22(11-9-21)13-23-7-3-6-16(18(23)26)24(27)28/h1-7H,8-13H2,(H,20,25). The number of benzene rings is 1. The van der Waals surface area contributed by atoms with Crippen LogP contribution in [0.1, 0.15) is 0 Å². The number of hydrogen-bond donors (Lipinski definition) is 1. The van der Waals surface area contributed by atoms with E-state index in [2.05, 4.69) is 5.32 Å². The minimum atomic E-state index is -0.672. The number of para-hydroxylation sites is 1. The molecular weight excluding hydrogens is 386 g/mol. The molecule has 9 nitrogen and oxygen atoms in total. The Morgan fingerprint density at radius 3 is 2.46 bits per heavy atom. The second-order valence-corrected chi connectivity index (χ2v) is 6.90. The SMILES string of the molecule is O=C(CN1CCN(Cn2cccc([N+](=O)[O-])c2=O)CC1)Nc1ccccc1Cl. The molecule has 0 radical (unpaired) electrons. The fraction of sp³-hybridized carbons (Fsp3) is 0.333. The molecule has 0 unspecified atom stereocenters. The molecule has 1 amide bonds. The van der Waals surface area contributed by atoms with Gasteiger partial charge in [-0.3, -0.25) is 34.1 Å². The van der Waals surface area contributed by atoms with Crippen LogP contribution in [0.3, 0.4) is 0 Å². The highest BCUT2D eigenvalue weighted by molar-refractivity contribution is 6.33. The number of nitrogens with one attached hydrogen (secondary N) is 1. The highest BCUT2D eigenvalue weighted by Crippen LogP contribution is 2.20. The summed E-state index contributed by atoms with van der Waals surface area (Å²) >= 11 is 6.05. The summed E-state index contributed by atoms with van der Waals surface area (Å²) in [5, 5.41) is 14.2. The summed E-state index contributed by atoms with van der Waals surface area (Å²) in [6, 6.07) is 9.75. The lowest BCUT2D eigenvalue weighted by molar-refractivity contribution is -0.386. The number of nitro groups is 1. The van der Waals surface area contributed by atoms with Crippen molar-refractivity contribution >= 4 is 28.9 Å². The third kappa shape index (κ3) is 4.94. The molecule has 1 aliphatic heterocycles. The number of hydrogen-bond acceptors (Lipinski definition) is 6. The molecule has 1 aliphatic rings. The summed E-state index contributed by atoms with van der Waals surface area (Å²) in [5.41, 5.74) is -0.468. The second kappa shape index (κ2) is 8.96. The van der Waals surface area contributed by atoms with Crippen molar-refractivity contribution in [2.75, 3.05) is 38.0 Å². The van der Waals surface area contributed by atoms with E-state index in [4.69, 9.17) is 11.6 Å². The van der Waals surface area contributed by atoms with Gasteiger partial charge in [0.15, 0.2) is 0 Å². The van der Waals surface area contributed by atoms with Crippen LogP contribution in [0.5, 0.6) is 0 Å². The number of amides is 1.